The van der Waals surface area contributed by atoms with Crippen LogP contribution in [0.15, 0.2) is 41.5 Å². The SMILES string of the molecule is COc1ccc(/C=N\NC(=O)c2ccc(C)cc2Cl)c(OC)c1. The van der Waals surface area contributed by atoms with Crippen molar-refractivity contribution < 1.29 is 14.3 Å². The second kappa shape index (κ2) is 7.65. The largest absolute Gasteiger partial charge is 0.497 e. The van der Waals surface area contributed by atoms with Gasteiger partial charge in [0.25, 0.3) is 5.91 Å². The molecule has 1 amide bonds. The molecule has 23 heavy (non-hydrogen) atoms. The predicted molar refractivity (Wildman–Crippen MR) is 90.8 cm³/mol. The van der Waals surface area contributed by atoms with Gasteiger partial charge < -0.3 is 9.47 Å². The predicted octanol–water partition coefficient (Wildman–Crippen LogP) is 3.43. The average Bonchev–Trinajstić information content (AvgIpc) is 2.54. The number of hydrogen-bond acceptors (Lipinski definition) is 4. The van der Waals surface area contributed by atoms with Crippen molar-refractivity contribution in [1.82, 2.24) is 5.43 Å². The minimum atomic E-state index is -0.376. The van der Waals surface area contributed by atoms with E-state index in [1.165, 1.54) is 6.21 Å². The van der Waals surface area contributed by atoms with Gasteiger partial charge in [0.15, 0.2) is 0 Å². The number of nitrogens with zero attached hydrogens (tertiary/aromatic N) is 1. The molecule has 0 aromatic heterocycles. The fourth-order valence-corrected chi connectivity index (χ4v) is 2.27. The molecule has 0 atom stereocenters. The fourth-order valence-electron chi connectivity index (χ4n) is 1.95. The summed E-state index contributed by atoms with van der Waals surface area (Å²) < 4.78 is 10.4. The Balaban J connectivity index is 2.11. The van der Waals surface area contributed by atoms with E-state index in [-0.39, 0.29) is 5.91 Å². The van der Waals surface area contributed by atoms with Gasteiger partial charge in [-0.2, -0.15) is 5.10 Å². The first-order valence-corrected chi connectivity index (χ1v) is 7.24. The molecule has 0 radical (unpaired) electrons. The summed E-state index contributed by atoms with van der Waals surface area (Å²) in [4.78, 5) is 12.1. The van der Waals surface area contributed by atoms with Gasteiger partial charge in [0.2, 0.25) is 0 Å². The maximum atomic E-state index is 12.1. The highest BCUT2D eigenvalue weighted by molar-refractivity contribution is 6.33. The van der Waals surface area contributed by atoms with E-state index >= 15 is 0 Å². The van der Waals surface area contributed by atoms with Crippen molar-refractivity contribution in [2.24, 2.45) is 5.10 Å². The van der Waals surface area contributed by atoms with Gasteiger partial charge in [0, 0.05) is 11.6 Å². The number of halogens is 1. The van der Waals surface area contributed by atoms with Crippen LogP contribution < -0.4 is 14.9 Å². The number of benzene rings is 2. The van der Waals surface area contributed by atoms with Crippen molar-refractivity contribution in [2.75, 3.05) is 14.2 Å². The Hall–Kier alpha value is -2.53. The van der Waals surface area contributed by atoms with E-state index in [0.29, 0.717) is 27.6 Å². The Morgan fingerprint density at radius 2 is 1.96 bits per heavy atom. The topological polar surface area (TPSA) is 59.9 Å². The van der Waals surface area contributed by atoms with Crippen molar-refractivity contribution >= 4 is 23.7 Å². The number of ether oxygens (including phenoxy) is 2. The second-order valence-electron chi connectivity index (χ2n) is 4.79. The summed E-state index contributed by atoms with van der Waals surface area (Å²) in [7, 11) is 3.13. The molecule has 0 unspecified atom stereocenters. The normalized spacial score (nSPS) is 10.6. The summed E-state index contributed by atoms with van der Waals surface area (Å²) in [6.45, 7) is 1.90. The number of rotatable bonds is 5. The van der Waals surface area contributed by atoms with Crippen molar-refractivity contribution in [3.63, 3.8) is 0 Å². The van der Waals surface area contributed by atoms with Crippen LogP contribution in [0.2, 0.25) is 5.02 Å². The van der Waals surface area contributed by atoms with Crippen LogP contribution in [0.4, 0.5) is 0 Å². The highest BCUT2D eigenvalue weighted by Gasteiger charge is 2.09. The Labute approximate surface area is 139 Å². The lowest BCUT2D eigenvalue weighted by Crippen LogP contribution is -2.18. The van der Waals surface area contributed by atoms with Gasteiger partial charge in [0.05, 0.1) is 31.0 Å². The molecule has 0 aliphatic heterocycles. The standard InChI is InChI=1S/C17H17ClN2O3/c1-11-4-7-14(15(18)8-11)17(21)20-19-10-12-5-6-13(22-2)9-16(12)23-3/h4-10H,1-3H3,(H,20,21)/b19-10-. The van der Waals surface area contributed by atoms with Crippen molar-refractivity contribution in [3.05, 3.63) is 58.1 Å². The molecular weight excluding hydrogens is 316 g/mol. The van der Waals surface area contributed by atoms with E-state index in [9.17, 15) is 4.79 Å². The second-order valence-corrected chi connectivity index (χ2v) is 5.20. The van der Waals surface area contributed by atoms with Crippen LogP contribution in [-0.2, 0) is 0 Å². The molecule has 2 rings (SSSR count). The number of carbonyl (C=O) groups is 1. The summed E-state index contributed by atoms with van der Waals surface area (Å²) in [5, 5.41) is 4.33. The summed E-state index contributed by atoms with van der Waals surface area (Å²) in [6.07, 6.45) is 1.50. The Kier molecular flexibility index (Phi) is 5.60. The van der Waals surface area contributed by atoms with E-state index in [1.807, 2.05) is 13.0 Å². The lowest BCUT2D eigenvalue weighted by atomic mass is 10.1. The lowest BCUT2D eigenvalue weighted by Gasteiger charge is -2.07. The zero-order valence-electron chi connectivity index (χ0n) is 13.1. The van der Waals surface area contributed by atoms with Gasteiger partial charge in [-0.15, -0.1) is 0 Å². The molecule has 120 valence electrons. The quantitative estimate of drug-likeness (QED) is 0.674. The smallest absolute Gasteiger partial charge is 0.272 e. The third-order valence-electron chi connectivity index (χ3n) is 3.18. The van der Waals surface area contributed by atoms with Crippen molar-refractivity contribution in [2.45, 2.75) is 6.92 Å². The maximum Gasteiger partial charge on any atom is 0.272 e. The van der Waals surface area contributed by atoms with Gasteiger partial charge in [-0.05, 0) is 36.8 Å². The van der Waals surface area contributed by atoms with Crippen molar-refractivity contribution in [1.29, 1.82) is 0 Å². The minimum absolute atomic E-state index is 0.371. The molecule has 0 spiro atoms. The molecule has 0 saturated carbocycles. The molecule has 5 nitrogen and oxygen atoms in total. The van der Waals surface area contributed by atoms with E-state index < -0.39 is 0 Å². The Morgan fingerprint density at radius 3 is 2.61 bits per heavy atom. The molecule has 0 saturated heterocycles. The first-order valence-electron chi connectivity index (χ1n) is 6.86. The van der Waals surface area contributed by atoms with E-state index in [0.717, 1.165) is 5.56 Å². The average molecular weight is 333 g/mol. The molecular formula is C17H17ClN2O3. The Bertz CT molecular complexity index is 745. The van der Waals surface area contributed by atoms with E-state index in [4.69, 9.17) is 21.1 Å². The molecule has 0 aliphatic carbocycles. The van der Waals surface area contributed by atoms with Gasteiger partial charge in [-0.25, -0.2) is 5.43 Å². The minimum Gasteiger partial charge on any atom is -0.497 e. The Morgan fingerprint density at radius 1 is 1.17 bits per heavy atom. The maximum absolute atomic E-state index is 12.1. The van der Waals surface area contributed by atoms with Crippen LogP contribution in [0.5, 0.6) is 11.5 Å². The molecule has 2 aromatic carbocycles. The molecule has 0 aliphatic rings. The first-order chi connectivity index (χ1) is 11.0. The van der Waals surface area contributed by atoms with Crippen LogP contribution in [0, 0.1) is 6.92 Å². The third kappa shape index (κ3) is 4.23. The molecule has 0 fully saturated rings. The molecule has 6 heteroatoms. The molecule has 1 N–H and O–H groups in total. The highest BCUT2D eigenvalue weighted by atomic mass is 35.5. The lowest BCUT2D eigenvalue weighted by molar-refractivity contribution is 0.0955. The van der Waals surface area contributed by atoms with E-state index in [1.54, 1.807) is 44.6 Å². The summed E-state index contributed by atoms with van der Waals surface area (Å²) >= 11 is 6.05. The number of aryl methyl sites for hydroxylation is 1. The van der Waals surface area contributed by atoms with Gasteiger partial charge >= 0.3 is 0 Å². The number of amides is 1. The fraction of sp³-hybridized carbons (Fsp3) is 0.176. The van der Waals surface area contributed by atoms with E-state index in [2.05, 4.69) is 10.5 Å². The van der Waals surface area contributed by atoms with Crippen LogP contribution in [-0.4, -0.2) is 26.3 Å². The molecule has 0 bridgehead atoms. The molecule has 2 aromatic rings. The van der Waals surface area contributed by atoms with Crippen LogP contribution in [0.1, 0.15) is 21.5 Å². The van der Waals surface area contributed by atoms with Crippen LogP contribution in [0.25, 0.3) is 0 Å². The monoisotopic (exact) mass is 332 g/mol. The number of hydrazone groups is 1. The number of nitrogens with one attached hydrogen (secondary N) is 1. The van der Waals surface area contributed by atoms with Gasteiger partial charge in [-0.1, -0.05) is 17.7 Å². The zero-order chi connectivity index (χ0) is 16.8. The van der Waals surface area contributed by atoms with Gasteiger partial charge in [0.1, 0.15) is 11.5 Å². The zero-order valence-corrected chi connectivity index (χ0v) is 13.8. The van der Waals surface area contributed by atoms with Gasteiger partial charge in [-0.3, -0.25) is 4.79 Å². The number of hydrogen-bond donors (Lipinski definition) is 1. The van der Waals surface area contributed by atoms with Crippen LogP contribution in [0.3, 0.4) is 0 Å². The van der Waals surface area contributed by atoms with Crippen molar-refractivity contribution in [3.8, 4) is 11.5 Å². The number of methoxy groups -OCH3 is 2. The molecule has 0 heterocycles. The summed E-state index contributed by atoms with van der Waals surface area (Å²) in [5.41, 5.74) is 4.51. The third-order valence-corrected chi connectivity index (χ3v) is 3.49. The summed E-state index contributed by atoms with van der Waals surface area (Å²) in [6, 6.07) is 10.5. The highest BCUT2D eigenvalue weighted by Crippen LogP contribution is 2.23. The summed E-state index contributed by atoms with van der Waals surface area (Å²) in [5.74, 6) is 0.893. The van der Waals surface area contributed by atoms with Crippen LogP contribution >= 0.6 is 11.6 Å². The number of carbonyl (C=O) groups excluding carboxylic acids is 1. The first kappa shape index (κ1) is 16.8.